The van der Waals surface area contributed by atoms with Crippen molar-refractivity contribution in [2.24, 2.45) is 11.8 Å². The lowest BCUT2D eigenvalue weighted by atomic mass is 9.78. The molecule has 186 valence electrons. The number of ether oxygens (including phenoxy) is 2. The van der Waals surface area contributed by atoms with Crippen LogP contribution in [0.3, 0.4) is 0 Å². The SMILES string of the molecule is CCCCCC1CCC(CCCOc2ccc(-c3cc(OCCC)ccc3C(=O)O)cc2)CC1. The zero-order valence-corrected chi connectivity index (χ0v) is 21.1. The fraction of sp³-hybridized carbons (Fsp3) is 0.567. The van der Waals surface area contributed by atoms with Gasteiger partial charge in [-0.25, -0.2) is 4.79 Å². The molecule has 1 aliphatic rings. The number of hydrogen-bond donors (Lipinski definition) is 1. The number of carboxylic acid groups (broad SMARTS) is 1. The summed E-state index contributed by atoms with van der Waals surface area (Å²) in [5.41, 5.74) is 1.79. The maximum atomic E-state index is 11.7. The van der Waals surface area contributed by atoms with Gasteiger partial charge in [0.05, 0.1) is 18.8 Å². The Bertz CT molecular complexity index is 866. The van der Waals surface area contributed by atoms with Gasteiger partial charge in [-0.3, -0.25) is 0 Å². The summed E-state index contributed by atoms with van der Waals surface area (Å²) in [6.45, 7) is 5.67. The van der Waals surface area contributed by atoms with Crippen LogP contribution in [0.4, 0.5) is 0 Å². The molecule has 0 saturated heterocycles. The number of benzene rings is 2. The molecule has 0 spiro atoms. The minimum absolute atomic E-state index is 0.276. The Hall–Kier alpha value is -2.49. The summed E-state index contributed by atoms with van der Waals surface area (Å²) in [7, 11) is 0. The van der Waals surface area contributed by atoms with E-state index < -0.39 is 5.97 Å². The molecule has 1 aliphatic carbocycles. The first-order valence-corrected chi connectivity index (χ1v) is 13.3. The second-order valence-corrected chi connectivity index (χ2v) is 9.76. The maximum absolute atomic E-state index is 11.7. The van der Waals surface area contributed by atoms with E-state index in [4.69, 9.17) is 9.47 Å². The average Bonchev–Trinajstić information content (AvgIpc) is 2.86. The Balaban J connectivity index is 1.45. The Morgan fingerprint density at radius 3 is 2.03 bits per heavy atom. The molecule has 3 rings (SSSR count). The molecule has 0 aromatic heterocycles. The van der Waals surface area contributed by atoms with Crippen LogP contribution in [0, 0.1) is 11.8 Å². The van der Waals surface area contributed by atoms with Crippen molar-refractivity contribution in [2.45, 2.75) is 84.5 Å². The maximum Gasteiger partial charge on any atom is 0.336 e. The van der Waals surface area contributed by atoms with Gasteiger partial charge >= 0.3 is 5.97 Å². The van der Waals surface area contributed by atoms with Gasteiger partial charge in [0, 0.05) is 0 Å². The molecular formula is C30H42O4. The minimum atomic E-state index is -0.938. The van der Waals surface area contributed by atoms with E-state index in [9.17, 15) is 9.90 Å². The molecule has 0 radical (unpaired) electrons. The predicted molar refractivity (Wildman–Crippen MR) is 139 cm³/mol. The highest BCUT2D eigenvalue weighted by Gasteiger charge is 2.20. The monoisotopic (exact) mass is 466 g/mol. The van der Waals surface area contributed by atoms with Crippen LogP contribution in [0.15, 0.2) is 42.5 Å². The first-order chi connectivity index (χ1) is 16.6. The van der Waals surface area contributed by atoms with Crippen molar-refractivity contribution in [3.8, 4) is 22.6 Å². The van der Waals surface area contributed by atoms with Crippen LogP contribution in [0.5, 0.6) is 11.5 Å². The molecule has 0 unspecified atom stereocenters. The van der Waals surface area contributed by atoms with E-state index in [1.165, 1.54) is 57.8 Å². The Morgan fingerprint density at radius 1 is 0.794 bits per heavy atom. The predicted octanol–water partition coefficient (Wildman–Crippen LogP) is 8.39. The second-order valence-electron chi connectivity index (χ2n) is 9.76. The van der Waals surface area contributed by atoms with Gasteiger partial charge in [0.25, 0.3) is 0 Å². The van der Waals surface area contributed by atoms with Crippen molar-refractivity contribution in [1.82, 2.24) is 0 Å². The third-order valence-electron chi connectivity index (χ3n) is 7.07. The second kappa shape index (κ2) is 14.0. The Labute approximate surface area is 205 Å². The average molecular weight is 467 g/mol. The van der Waals surface area contributed by atoms with Gasteiger partial charge in [-0.15, -0.1) is 0 Å². The third kappa shape index (κ3) is 8.07. The van der Waals surface area contributed by atoms with E-state index in [0.717, 1.165) is 42.6 Å². The normalized spacial score (nSPS) is 17.9. The molecule has 1 fully saturated rings. The number of unbranched alkanes of at least 4 members (excludes halogenated alkanes) is 2. The highest BCUT2D eigenvalue weighted by molar-refractivity contribution is 5.96. The number of hydrogen-bond acceptors (Lipinski definition) is 3. The van der Waals surface area contributed by atoms with E-state index in [2.05, 4.69) is 6.92 Å². The van der Waals surface area contributed by atoms with Gasteiger partial charge in [-0.05, 0) is 72.6 Å². The number of carboxylic acids is 1. The molecule has 0 bridgehead atoms. The van der Waals surface area contributed by atoms with Crippen molar-refractivity contribution in [3.63, 3.8) is 0 Å². The van der Waals surface area contributed by atoms with Crippen LogP contribution in [-0.4, -0.2) is 24.3 Å². The van der Waals surface area contributed by atoms with Gasteiger partial charge in [0.1, 0.15) is 11.5 Å². The van der Waals surface area contributed by atoms with E-state index in [1.807, 2.05) is 37.3 Å². The van der Waals surface area contributed by atoms with Crippen LogP contribution in [0.2, 0.25) is 0 Å². The van der Waals surface area contributed by atoms with Crippen molar-refractivity contribution in [2.75, 3.05) is 13.2 Å². The van der Waals surface area contributed by atoms with Crippen LogP contribution in [0.25, 0.3) is 11.1 Å². The summed E-state index contributed by atoms with van der Waals surface area (Å²) in [6.07, 6.45) is 14.4. The summed E-state index contributed by atoms with van der Waals surface area (Å²) in [5.74, 6) is 2.42. The van der Waals surface area contributed by atoms with E-state index in [-0.39, 0.29) is 5.56 Å². The largest absolute Gasteiger partial charge is 0.494 e. The Morgan fingerprint density at radius 2 is 1.41 bits per heavy atom. The molecule has 2 aromatic rings. The lowest BCUT2D eigenvalue weighted by molar-refractivity contribution is 0.0697. The lowest BCUT2D eigenvalue weighted by Crippen LogP contribution is -2.15. The quantitative estimate of drug-likeness (QED) is 0.284. The van der Waals surface area contributed by atoms with Crippen LogP contribution in [0.1, 0.15) is 94.8 Å². The van der Waals surface area contributed by atoms with Gasteiger partial charge in [0.15, 0.2) is 0 Å². The topological polar surface area (TPSA) is 55.8 Å². The molecule has 4 nitrogen and oxygen atoms in total. The molecule has 0 aliphatic heterocycles. The molecule has 34 heavy (non-hydrogen) atoms. The van der Waals surface area contributed by atoms with E-state index >= 15 is 0 Å². The highest BCUT2D eigenvalue weighted by Crippen LogP contribution is 2.34. The zero-order chi connectivity index (χ0) is 24.2. The first-order valence-electron chi connectivity index (χ1n) is 13.3. The van der Waals surface area contributed by atoms with Gasteiger partial charge in [-0.1, -0.05) is 77.3 Å². The standard InChI is InChI=1S/C30H42O4/c1-3-5-6-8-23-10-12-24(13-11-23)9-7-21-34-26-16-14-25(15-17-26)29-22-27(33-20-4-2)18-19-28(29)30(31)32/h14-19,22-24H,3-13,20-21H2,1-2H3,(H,31,32). The van der Waals surface area contributed by atoms with Gasteiger partial charge < -0.3 is 14.6 Å². The summed E-state index contributed by atoms with van der Waals surface area (Å²) >= 11 is 0. The molecular weight excluding hydrogens is 424 g/mol. The molecule has 2 aromatic carbocycles. The summed E-state index contributed by atoms with van der Waals surface area (Å²) < 4.78 is 11.7. The van der Waals surface area contributed by atoms with Crippen molar-refractivity contribution >= 4 is 5.97 Å². The zero-order valence-electron chi connectivity index (χ0n) is 21.1. The molecule has 4 heteroatoms. The number of rotatable bonds is 14. The fourth-order valence-corrected chi connectivity index (χ4v) is 5.04. The fourth-order valence-electron chi connectivity index (χ4n) is 5.04. The Kier molecular flexibility index (Phi) is 10.8. The first kappa shape index (κ1) is 26.1. The smallest absolute Gasteiger partial charge is 0.336 e. The van der Waals surface area contributed by atoms with Gasteiger partial charge in [-0.2, -0.15) is 0 Å². The van der Waals surface area contributed by atoms with Crippen LogP contribution in [-0.2, 0) is 0 Å². The van der Waals surface area contributed by atoms with Crippen molar-refractivity contribution in [3.05, 3.63) is 48.0 Å². The lowest BCUT2D eigenvalue weighted by Gasteiger charge is -2.28. The number of carbonyl (C=O) groups is 1. The highest BCUT2D eigenvalue weighted by atomic mass is 16.5. The molecule has 0 heterocycles. The van der Waals surface area contributed by atoms with Gasteiger partial charge in [0.2, 0.25) is 0 Å². The minimum Gasteiger partial charge on any atom is -0.494 e. The van der Waals surface area contributed by atoms with E-state index in [0.29, 0.717) is 17.9 Å². The molecule has 0 atom stereocenters. The molecule has 1 saturated carbocycles. The third-order valence-corrected chi connectivity index (χ3v) is 7.07. The molecule has 0 amide bonds. The number of aromatic carboxylic acids is 1. The van der Waals surface area contributed by atoms with Crippen LogP contribution >= 0.6 is 0 Å². The summed E-state index contributed by atoms with van der Waals surface area (Å²) in [4.78, 5) is 11.7. The van der Waals surface area contributed by atoms with Crippen molar-refractivity contribution in [1.29, 1.82) is 0 Å². The van der Waals surface area contributed by atoms with Crippen LogP contribution < -0.4 is 9.47 Å². The summed E-state index contributed by atoms with van der Waals surface area (Å²) in [6, 6.07) is 12.9. The van der Waals surface area contributed by atoms with E-state index in [1.54, 1.807) is 12.1 Å². The molecule has 1 N–H and O–H groups in total. The summed E-state index contributed by atoms with van der Waals surface area (Å²) in [5, 5.41) is 9.60. The van der Waals surface area contributed by atoms with Crippen molar-refractivity contribution < 1.29 is 19.4 Å².